The van der Waals surface area contributed by atoms with E-state index in [1.54, 1.807) is 0 Å². The van der Waals surface area contributed by atoms with Crippen LogP contribution in [0.2, 0.25) is 0 Å². The molecule has 2 rings (SSSR count). The Morgan fingerprint density at radius 1 is 1.32 bits per heavy atom. The zero-order valence-corrected chi connectivity index (χ0v) is 11.2. The normalized spacial score (nSPS) is 17.7. The molecule has 106 valence electrons. The summed E-state index contributed by atoms with van der Waals surface area (Å²) in [6, 6.07) is 0. The third kappa shape index (κ3) is 4.29. The van der Waals surface area contributed by atoms with Crippen molar-refractivity contribution < 1.29 is 14.4 Å². The molecule has 0 spiro atoms. The monoisotopic (exact) mass is 268 g/mol. The molecule has 0 unspecified atom stereocenters. The van der Waals surface area contributed by atoms with Gasteiger partial charge in [0.25, 0.3) is 0 Å². The fraction of sp³-hybridized carbons (Fsp3) is 0.750. The molecule has 7 heteroatoms. The molecule has 0 bridgehead atoms. The number of carboxylic acids is 1. The standard InChI is InChI=1S/C12H20N4O3/c1-2-10-13-11(19-14-10)9-16-7-5-15(6-8-16)4-3-12(17)18/h2-9H2,1H3,(H,17,18). The maximum Gasteiger partial charge on any atom is 0.304 e. The Bertz CT molecular complexity index is 413. The van der Waals surface area contributed by atoms with E-state index in [9.17, 15) is 4.79 Å². The van der Waals surface area contributed by atoms with Crippen LogP contribution >= 0.6 is 0 Å². The molecule has 1 aliphatic heterocycles. The number of aryl methyl sites for hydroxylation is 1. The van der Waals surface area contributed by atoms with Gasteiger partial charge in [-0.2, -0.15) is 4.98 Å². The van der Waals surface area contributed by atoms with Crippen molar-refractivity contribution in [2.75, 3.05) is 32.7 Å². The first-order valence-electron chi connectivity index (χ1n) is 6.65. The highest BCUT2D eigenvalue weighted by Gasteiger charge is 2.19. The number of nitrogens with zero attached hydrogens (tertiary/aromatic N) is 4. The Balaban J connectivity index is 1.72. The molecule has 0 radical (unpaired) electrons. The number of carboxylic acid groups (broad SMARTS) is 1. The fourth-order valence-corrected chi connectivity index (χ4v) is 2.11. The summed E-state index contributed by atoms with van der Waals surface area (Å²) in [7, 11) is 0. The van der Waals surface area contributed by atoms with Gasteiger partial charge in [-0.1, -0.05) is 12.1 Å². The second-order valence-electron chi connectivity index (χ2n) is 4.72. The molecule has 0 aromatic carbocycles. The van der Waals surface area contributed by atoms with Crippen LogP contribution in [0, 0.1) is 0 Å². The van der Waals surface area contributed by atoms with Gasteiger partial charge >= 0.3 is 5.97 Å². The summed E-state index contributed by atoms with van der Waals surface area (Å²) in [5, 5.41) is 12.5. The van der Waals surface area contributed by atoms with Crippen LogP contribution in [0.5, 0.6) is 0 Å². The molecular weight excluding hydrogens is 248 g/mol. The lowest BCUT2D eigenvalue weighted by molar-refractivity contribution is -0.137. The molecule has 0 saturated carbocycles. The van der Waals surface area contributed by atoms with Gasteiger partial charge in [-0.05, 0) is 0 Å². The number of hydrogen-bond donors (Lipinski definition) is 1. The van der Waals surface area contributed by atoms with Gasteiger partial charge in [-0.3, -0.25) is 9.69 Å². The van der Waals surface area contributed by atoms with Crippen molar-refractivity contribution in [1.29, 1.82) is 0 Å². The Morgan fingerprint density at radius 3 is 2.58 bits per heavy atom. The van der Waals surface area contributed by atoms with Gasteiger partial charge in [-0.25, -0.2) is 0 Å². The predicted molar refractivity (Wildman–Crippen MR) is 67.6 cm³/mol. The molecule has 1 saturated heterocycles. The Morgan fingerprint density at radius 2 is 2.00 bits per heavy atom. The van der Waals surface area contributed by atoms with E-state index in [1.165, 1.54) is 0 Å². The maximum atomic E-state index is 10.5. The van der Waals surface area contributed by atoms with Crippen molar-refractivity contribution in [3.63, 3.8) is 0 Å². The molecule has 1 aromatic rings. The average molecular weight is 268 g/mol. The van der Waals surface area contributed by atoms with E-state index in [0.29, 0.717) is 19.0 Å². The molecule has 7 nitrogen and oxygen atoms in total. The van der Waals surface area contributed by atoms with Crippen molar-refractivity contribution >= 4 is 5.97 Å². The Kier molecular flexibility index (Phi) is 4.86. The van der Waals surface area contributed by atoms with Crippen LogP contribution in [-0.2, 0) is 17.8 Å². The summed E-state index contributed by atoms with van der Waals surface area (Å²) < 4.78 is 5.17. The minimum Gasteiger partial charge on any atom is -0.481 e. The molecule has 1 aromatic heterocycles. The summed E-state index contributed by atoms with van der Waals surface area (Å²) in [5.41, 5.74) is 0. The van der Waals surface area contributed by atoms with Crippen molar-refractivity contribution in [2.24, 2.45) is 0 Å². The minimum absolute atomic E-state index is 0.212. The lowest BCUT2D eigenvalue weighted by Crippen LogP contribution is -2.46. The third-order valence-electron chi connectivity index (χ3n) is 3.29. The Labute approximate surface area is 112 Å². The lowest BCUT2D eigenvalue weighted by Gasteiger charge is -2.33. The van der Waals surface area contributed by atoms with E-state index in [-0.39, 0.29) is 6.42 Å². The van der Waals surface area contributed by atoms with E-state index in [0.717, 1.165) is 38.4 Å². The summed E-state index contributed by atoms with van der Waals surface area (Å²) in [4.78, 5) is 19.2. The van der Waals surface area contributed by atoms with Crippen molar-refractivity contribution in [1.82, 2.24) is 19.9 Å². The van der Waals surface area contributed by atoms with Crippen LogP contribution < -0.4 is 0 Å². The van der Waals surface area contributed by atoms with Gasteiger partial charge < -0.3 is 14.5 Å². The van der Waals surface area contributed by atoms with E-state index in [4.69, 9.17) is 9.63 Å². The smallest absolute Gasteiger partial charge is 0.304 e. The zero-order chi connectivity index (χ0) is 13.7. The summed E-state index contributed by atoms with van der Waals surface area (Å²) in [5.74, 6) is 0.673. The van der Waals surface area contributed by atoms with Gasteiger partial charge in [0, 0.05) is 39.1 Å². The predicted octanol–water partition coefficient (Wildman–Crippen LogP) is 0.224. The summed E-state index contributed by atoms with van der Waals surface area (Å²) in [6.07, 6.45) is 0.996. The number of rotatable bonds is 6. The number of hydrogen-bond acceptors (Lipinski definition) is 6. The summed E-state index contributed by atoms with van der Waals surface area (Å²) >= 11 is 0. The minimum atomic E-state index is -0.736. The van der Waals surface area contributed by atoms with Crippen LogP contribution in [0.15, 0.2) is 4.52 Å². The van der Waals surface area contributed by atoms with Crippen LogP contribution in [0.25, 0.3) is 0 Å². The lowest BCUT2D eigenvalue weighted by atomic mass is 10.3. The van der Waals surface area contributed by atoms with Gasteiger partial charge in [0.2, 0.25) is 5.89 Å². The molecule has 0 amide bonds. The number of carbonyl (C=O) groups is 1. The molecule has 1 N–H and O–H groups in total. The van der Waals surface area contributed by atoms with Crippen molar-refractivity contribution in [3.05, 3.63) is 11.7 Å². The molecule has 19 heavy (non-hydrogen) atoms. The van der Waals surface area contributed by atoms with Gasteiger partial charge in [0.1, 0.15) is 0 Å². The van der Waals surface area contributed by atoms with Crippen LogP contribution in [0.4, 0.5) is 0 Å². The van der Waals surface area contributed by atoms with Gasteiger partial charge in [0.15, 0.2) is 5.82 Å². The van der Waals surface area contributed by atoms with E-state index >= 15 is 0 Å². The average Bonchev–Trinajstić information content (AvgIpc) is 2.85. The second-order valence-corrected chi connectivity index (χ2v) is 4.72. The first kappa shape index (κ1) is 14.0. The second kappa shape index (κ2) is 6.63. The van der Waals surface area contributed by atoms with Crippen LogP contribution in [-0.4, -0.2) is 63.7 Å². The third-order valence-corrected chi connectivity index (χ3v) is 3.29. The van der Waals surface area contributed by atoms with E-state index in [2.05, 4.69) is 19.9 Å². The largest absolute Gasteiger partial charge is 0.481 e. The van der Waals surface area contributed by atoms with Gasteiger partial charge in [-0.15, -0.1) is 0 Å². The maximum absolute atomic E-state index is 10.5. The van der Waals surface area contributed by atoms with E-state index in [1.807, 2.05) is 6.92 Å². The topological polar surface area (TPSA) is 82.7 Å². The highest BCUT2D eigenvalue weighted by molar-refractivity contribution is 5.66. The molecule has 0 atom stereocenters. The number of aromatic nitrogens is 2. The Hall–Kier alpha value is -1.47. The van der Waals surface area contributed by atoms with Crippen molar-refractivity contribution in [2.45, 2.75) is 26.3 Å². The molecule has 0 aliphatic carbocycles. The van der Waals surface area contributed by atoms with E-state index < -0.39 is 5.97 Å². The van der Waals surface area contributed by atoms with Crippen molar-refractivity contribution in [3.8, 4) is 0 Å². The molecule has 1 fully saturated rings. The van der Waals surface area contributed by atoms with Gasteiger partial charge in [0.05, 0.1) is 13.0 Å². The first-order chi connectivity index (χ1) is 9.17. The molecule has 2 heterocycles. The van der Waals surface area contributed by atoms with Crippen LogP contribution in [0.1, 0.15) is 25.1 Å². The summed E-state index contributed by atoms with van der Waals surface area (Å²) in [6.45, 7) is 6.90. The number of aliphatic carboxylic acids is 1. The molecular formula is C12H20N4O3. The highest BCUT2D eigenvalue weighted by atomic mass is 16.5. The first-order valence-corrected chi connectivity index (χ1v) is 6.65. The SMILES string of the molecule is CCc1noc(CN2CCN(CCC(=O)O)CC2)n1. The molecule has 1 aliphatic rings. The fourth-order valence-electron chi connectivity index (χ4n) is 2.11. The quantitative estimate of drug-likeness (QED) is 0.790. The highest BCUT2D eigenvalue weighted by Crippen LogP contribution is 2.07. The van der Waals surface area contributed by atoms with Crippen LogP contribution in [0.3, 0.4) is 0 Å². The zero-order valence-electron chi connectivity index (χ0n) is 11.2. The number of piperazine rings is 1.